The summed E-state index contributed by atoms with van der Waals surface area (Å²) >= 11 is 0. The molecular formula is C46H26F2. The van der Waals surface area contributed by atoms with Crippen LogP contribution in [-0.2, 0) is 0 Å². The topological polar surface area (TPSA) is 0 Å². The molecule has 10 aromatic carbocycles. The van der Waals surface area contributed by atoms with Crippen molar-refractivity contribution in [3.63, 3.8) is 0 Å². The van der Waals surface area contributed by atoms with E-state index in [9.17, 15) is 8.78 Å². The van der Waals surface area contributed by atoms with Gasteiger partial charge in [0, 0.05) is 5.39 Å². The zero-order valence-electron chi connectivity index (χ0n) is 25.8. The van der Waals surface area contributed by atoms with Gasteiger partial charge in [-0.15, -0.1) is 0 Å². The van der Waals surface area contributed by atoms with Crippen molar-refractivity contribution in [2.24, 2.45) is 0 Å². The van der Waals surface area contributed by atoms with Crippen molar-refractivity contribution >= 4 is 64.6 Å². The van der Waals surface area contributed by atoms with Crippen LogP contribution in [0, 0.1) is 11.6 Å². The van der Waals surface area contributed by atoms with Crippen LogP contribution in [0.3, 0.4) is 0 Å². The van der Waals surface area contributed by atoms with Crippen LogP contribution in [0.25, 0.3) is 98.0 Å². The third kappa shape index (κ3) is 3.80. The summed E-state index contributed by atoms with van der Waals surface area (Å²) in [5.41, 5.74) is 6.59. The predicted molar refractivity (Wildman–Crippen MR) is 199 cm³/mol. The molecule has 0 aliphatic carbocycles. The second-order valence-electron chi connectivity index (χ2n) is 12.6. The molecular weight excluding hydrogens is 591 g/mol. The monoisotopic (exact) mass is 616 g/mol. The van der Waals surface area contributed by atoms with Crippen molar-refractivity contribution in [3.05, 3.63) is 169 Å². The summed E-state index contributed by atoms with van der Waals surface area (Å²) in [5.74, 6) is -0.449. The number of hydrogen-bond donors (Lipinski definition) is 0. The molecule has 224 valence electrons. The van der Waals surface area contributed by atoms with E-state index in [0.29, 0.717) is 5.39 Å². The summed E-state index contributed by atoms with van der Waals surface area (Å²) in [4.78, 5) is 0. The Morgan fingerprint density at radius 1 is 0.292 bits per heavy atom. The Morgan fingerprint density at radius 3 is 1.33 bits per heavy atom. The largest absolute Gasteiger partial charge is 0.207 e. The van der Waals surface area contributed by atoms with Crippen LogP contribution in [-0.4, -0.2) is 0 Å². The fourth-order valence-electron chi connectivity index (χ4n) is 8.10. The lowest BCUT2D eigenvalue weighted by molar-refractivity contribution is 0.628. The number of rotatable bonds is 3. The first kappa shape index (κ1) is 27.0. The highest BCUT2D eigenvalue weighted by atomic mass is 19.1. The van der Waals surface area contributed by atoms with E-state index in [1.54, 1.807) is 6.07 Å². The average molecular weight is 617 g/mol. The van der Waals surface area contributed by atoms with Gasteiger partial charge in [0.25, 0.3) is 0 Å². The van der Waals surface area contributed by atoms with Crippen LogP contribution in [0.4, 0.5) is 8.78 Å². The third-order valence-electron chi connectivity index (χ3n) is 10.2. The lowest BCUT2D eigenvalue weighted by Gasteiger charge is -2.20. The van der Waals surface area contributed by atoms with Crippen LogP contribution in [0.2, 0.25) is 0 Å². The van der Waals surface area contributed by atoms with Gasteiger partial charge in [0.1, 0.15) is 11.6 Å². The molecule has 10 rings (SSSR count). The van der Waals surface area contributed by atoms with Gasteiger partial charge in [-0.1, -0.05) is 140 Å². The highest BCUT2D eigenvalue weighted by molar-refractivity contribution is 6.31. The van der Waals surface area contributed by atoms with Gasteiger partial charge in [-0.25, -0.2) is 8.78 Å². The van der Waals surface area contributed by atoms with Crippen molar-refractivity contribution in [1.82, 2.24) is 0 Å². The quantitative estimate of drug-likeness (QED) is 0.137. The summed E-state index contributed by atoms with van der Waals surface area (Å²) in [7, 11) is 0. The van der Waals surface area contributed by atoms with Crippen LogP contribution >= 0.6 is 0 Å². The van der Waals surface area contributed by atoms with E-state index in [1.165, 1.54) is 50.2 Å². The van der Waals surface area contributed by atoms with Crippen LogP contribution < -0.4 is 0 Å². The van der Waals surface area contributed by atoms with E-state index in [-0.39, 0.29) is 11.6 Å². The minimum atomic E-state index is -0.242. The van der Waals surface area contributed by atoms with Crippen molar-refractivity contribution in [2.75, 3.05) is 0 Å². The standard InChI is InChI=1S/C46H26F2/c47-30-19-13-27(14-20-30)43-35-9-3-5-11-37(35)46(38-12-6-4-10-36(38)43)41-24-18-29-16-22-39-33(21-15-28-17-23-40(41)45(29)44(28)39)32-25-26-42(48)34-8-2-1-7-31(32)34/h1-26H. The number of fused-ring (bicyclic) bond motifs is 3. The molecule has 0 N–H and O–H groups in total. The third-order valence-corrected chi connectivity index (χ3v) is 10.2. The van der Waals surface area contributed by atoms with E-state index in [4.69, 9.17) is 0 Å². The Balaban J connectivity index is 1.31. The molecule has 0 bridgehead atoms. The molecule has 0 fully saturated rings. The SMILES string of the molecule is Fc1ccc(-c2c3ccccc3c(-c3ccc4ccc5c(-c6ccc(F)c7ccccc67)ccc6ccc3c4c65)c3ccccc23)cc1. The predicted octanol–water partition coefficient (Wildman–Crippen LogP) is 13.3. The Morgan fingerprint density at radius 2 is 0.729 bits per heavy atom. The average Bonchev–Trinajstić information content (AvgIpc) is 3.14. The fraction of sp³-hybridized carbons (Fsp3) is 0. The van der Waals surface area contributed by atoms with Crippen molar-refractivity contribution < 1.29 is 8.78 Å². The molecule has 0 radical (unpaired) electrons. The number of halogens is 2. The number of hydrogen-bond acceptors (Lipinski definition) is 0. The Bertz CT molecular complexity index is 2840. The molecule has 0 amide bonds. The van der Waals surface area contributed by atoms with Crippen LogP contribution in [0.5, 0.6) is 0 Å². The van der Waals surface area contributed by atoms with E-state index in [1.807, 2.05) is 42.5 Å². The Hall–Kier alpha value is -6.12. The summed E-state index contributed by atoms with van der Waals surface area (Å²) in [6, 6.07) is 53.0. The Labute approximate surface area is 275 Å². The maximum atomic E-state index is 14.9. The molecule has 0 aromatic heterocycles. The molecule has 0 heterocycles. The smallest absolute Gasteiger partial charge is 0.131 e. The van der Waals surface area contributed by atoms with Gasteiger partial charge in [-0.3, -0.25) is 0 Å². The molecule has 48 heavy (non-hydrogen) atoms. The van der Waals surface area contributed by atoms with E-state index in [2.05, 4.69) is 97.1 Å². The molecule has 0 aliphatic rings. The lowest BCUT2D eigenvalue weighted by atomic mass is 9.82. The van der Waals surface area contributed by atoms with Gasteiger partial charge >= 0.3 is 0 Å². The van der Waals surface area contributed by atoms with Crippen molar-refractivity contribution in [3.8, 4) is 33.4 Å². The van der Waals surface area contributed by atoms with Gasteiger partial charge in [0.15, 0.2) is 0 Å². The molecule has 0 saturated carbocycles. The normalized spacial score (nSPS) is 12.0. The van der Waals surface area contributed by atoms with Crippen LogP contribution in [0.15, 0.2) is 158 Å². The summed E-state index contributed by atoms with van der Waals surface area (Å²) in [6.07, 6.45) is 0. The second-order valence-corrected chi connectivity index (χ2v) is 12.6. The lowest BCUT2D eigenvalue weighted by Crippen LogP contribution is -1.93. The molecule has 0 saturated heterocycles. The minimum absolute atomic E-state index is 0.207. The summed E-state index contributed by atoms with van der Waals surface area (Å²) < 4.78 is 28.9. The first-order valence-electron chi connectivity index (χ1n) is 16.2. The molecule has 0 atom stereocenters. The summed E-state index contributed by atoms with van der Waals surface area (Å²) in [6.45, 7) is 0. The van der Waals surface area contributed by atoms with Crippen molar-refractivity contribution in [2.45, 2.75) is 0 Å². The molecule has 0 aliphatic heterocycles. The maximum absolute atomic E-state index is 14.9. The van der Waals surface area contributed by atoms with Gasteiger partial charge in [0.2, 0.25) is 0 Å². The van der Waals surface area contributed by atoms with Crippen LogP contribution in [0.1, 0.15) is 0 Å². The molecule has 2 heteroatoms. The van der Waals surface area contributed by atoms with Gasteiger partial charge < -0.3 is 0 Å². The Kier molecular flexibility index (Phi) is 5.74. The highest BCUT2D eigenvalue weighted by Gasteiger charge is 2.20. The number of benzene rings is 10. The van der Waals surface area contributed by atoms with E-state index >= 15 is 0 Å². The maximum Gasteiger partial charge on any atom is 0.131 e. The molecule has 0 spiro atoms. The zero-order valence-corrected chi connectivity index (χ0v) is 25.8. The molecule has 0 nitrogen and oxygen atoms in total. The first-order valence-corrected chi connectivity index (χ1v) is 16.2. The van der Waals surface area contributed by atoms with Gasteiger partial charge in [-0.05, 0) is 111 Å². The molecule has 0 unspecified atom stereocenters. The highest BCUT2D eigenvalue weighted by Crippen LogP contribution is 2.48. The van der Waals surface area contributed by atoms with Crippen molar-refractivity contribution in [1.29, 1.82) is 0 Å². The van der Waals surface area contributed by atoms with Gasteiger partial charge in [0.05, 0.1) is 0 Å². The first-order chi connectivity index (χ1) is 23.7. The van der Waals surface area contributed by atoms with Gasteiger partial charge in [-0.2, -0.15) is 0 Å². The zero-order chi connectivity index (χ0) is 31.9. The molecule has 10 aromatic rings. The fourth-order valence-corrected chi connectivity index (χ4v) is 8.10. The second kappa shape index (κ2) is 10.2. The van der Waals surface area contributed by atoms with E-state index < -0.39 is 0 Å². The van der Waals surface area contributed by atoms with E-state index in [0.717, 1.165) is 54.6 Å². The minimum Gasteiger partial charge on any atom is -0.207 e. The summed E-state index contributed by atoms with van der Waals surface area (Å²) in [5, 5.41) is 13.3.